The molecular formula is C23H28N4O5S. The maximum atomic E-state index is 12.5. The quantitative estimate of drug-likeness (QED) is 0.509. The second-order valence-corrected chi connectivity index (χ2v) is 9.39. The van der Waals surface area contributed by atoms with Crippen LogP contribution in [0, 0.1) is 0 Å². The van der Waals surface area contributed by atoms with E-state index in [9.17, 15) is 22.8 Å². The summed E-state index contributed by atoms with van der Waals surface area (Å²) < 4.78 is 26.6. The molecule has 0 aliphatic carbocycles. The van der Waals surface area contributed by atoms with Crippen LogP contribution in [0.25, 0.3) is 0 Å². The SMILES string of the molecule is CCCCNC(=O)NS(=O)(=O)c1ccc(CCNC(=O)N2CCc3ccccc3C2=O)cc1. The van der Waals surface area contributed by atoms with Gasteiger partial charge in [0.2, 0.25) is 0 Å². The lowest BCUT2D eigenvalue weighted by Crippen LogP contribution is -2.47. The summed E-state index contributed by atoms with van der Waals surface area (Å²) in [6, 6.07) is 12.1. The molecule has 0 saturated carbocycles. The van der Waals surface area contributed by atoms with Gasteiger partial charge in [-0.05, 0) is 48.6 Å². The average molecular weight is 473 g/mol. The number of carbonyl (C=O) groups is 3. The molecule has 5 amide bonds. The van der Waals surface area contributed by atoms with E-state index in [4.69, 9.17) is 0 Å². The van der Waals surface area contributed by atoms with E-state index in [0.29, 0.717) is 31.5 Å². The van der Waals surface area contributed by atoms with Gasteiger partial charge in [0.25, 0.3) is 15.9 Å². The lowest BCUT2D eigenvalue weighted by Gasteiger charge is -2.27. The Kier molecular flexibility index (Phi) is 8.05. The third kappa shape index (κ3) is 6.32. The van der Waals surface area contributed by atoms with E-state index in [-0.39, 0.29) is 17.3 Å². The number of rotatable bonds is 8. The molecule has 0 aromatic heterocycles. The van der Waals surface area contributed by atoms with Gasteiger partial charge >= 0.3 is 12.1 Å². The van der Waals surface area contributed by atoms with Crippen LogP contribution in [-0.4, -0.2) is 50.9 Å². The van der Waals surface area contributed by atoms with Crippen molar-refractivity contribution in [2.75, 3.05) is 19.6 Å². The second kappa shape index (κ2) is 11.0. The van der Waals surface area contributed by atoms with Gasteiger partial charge in [0, 0.05) is 25.2 Å². The Balaban J connectivity index is 1.49. The lowest BCUT2D eigenvalue weighted by atomic mass is 9.99. The van der Waals surface area contributed by atoms with E-state index in [0.717, 1.165) is 24.0 Å². The molecule has 1 heterocycles. The largest absolute Gasteiger partial charge is 0.337 e. The molecule has 0 atom stereocenters. The minimum atomic E-state index is -3.97. The number of fused-ring (bicyclic) bond motifs is 1. The predicted octanol–water partition coefficient (Wildman–Crippen LogP) is 2.43. The van der Waals surface area contributed by atoms with Gasteiger partial charge in [0.05, 0.1) is 4.90 Å². The topological polar surface area (TPSA) is 125 Å². The molecule has 9 nitrogen and oxygen atoms in total. The first-order chi connectivity index (χ1) is 15.8. The number of carbonyl (C=O) groups excluding carboxylic acids is 3. The zero-order chi connectivity index (χ0) is 23.8. The highest BCUT2D eigenvalue weighted by atomic mass is 32.2. The molecule has 0 fully saturated rings. The number of amides is 5. The molecular weight excluding hydrogens is 444 g/mol. The summed E-state index contributed by atoms with van der Waals surface area (Å²) in [4.78, 5) is 37.9. The summed E-state index contributed by atoms with van der Waals surface area (Å²) in [7, 11) is -3.97. The van der Waals surface area contributed by atoms with Crippen LogP contribution in [0.15, 0.2) is 53.4 Å². The summed E-state index contributed by atoms with van der Waals surface area (Å²) in [5.41, 5.74) is 2.29. The minimum Gasteiger partial charge on any atom is -0.337 e. The van der Waals surface area contributed by atoms with Crippen LogP contribution >= 0.6 is 0 Å². The molecule has 0 bridgehead atoms. The molecule has 0 radical (unpaired) electrons. The van der Waals surface area contributed by atoms with E-state index in [1.807, 2.05) is 23.8 Å². The molecule has 0 unspecified atom stereocenters. The fourth-order valence-electron chi connectivity index (χ4n) is 3.46. The fraction of sp³-hybridized carbons (Fsp3) is 0.348. The zero-order valence-corrected chi connectivity index (χ0v) is 19.3. The molecule has 33 heavy (non-hydrogen) atoms. The van der Waals surface area contributed by atoms with Crippen molar-refractivity contribution in [2.45, 2.75) is 37.5 Å². The van der Waals surface area contributed by atoms with Gasteiger partial charge < -0.3 is 10.6 Å². The molecule has 0 spiro atoms. The number of urea groups is 2. The molecule has 1 aliphatic rings. The van der Waals surface area contributed by atoms with Gasteiger partial charge in [0.15, 0.2) is 0 Å². The Labute approximate surface area is 193 Å². The normalized spacial score (nSPS) is 13.2. The fourth-order valence-corrected chi connectivity index (χ4v) is 4.39. The first-order valence-electron chi connectivity index (χ1n) is 10.9. The van der Waals surface area contributed by atoms with Crippen molar-refractivity contribution in [3.05, 3.63) is 65.2 Å². The maximum Gasteiger partial charge on any atom is 0.328 e. The number of imide groups is 1. The molecule has 3 rings (SSSR count). The van der Waals surface area contributed by atoms with Gasteiger partial charge in [-0.2, -0.15) is 0 Å². The monoisotopic (exact) mass is 472 g/mol. The van der Waals surface area contributed by atoms with Crippen molar-refractivity contribution in [3.8, 4) is 0 Å². The van der Waals surface area contributed by atoms with Crippen molar-refractivity contribution in [3.63, 3.8) is 0 Å². The smallest absolute Gasteiger partial charge is 0.328 e. The van der Waals surface area contributed by atoms with Crippen molar-refractivity contribution in [1.29, 1.82) is 0 Å². The number of hydrogen-bond donors (Lipinski definition) is 3. The zero-order valence-electron chi connectivity index (χ0n) is 18.5. The van der Waals surface area contributed by atoms with E-state index < -0.39 is 22.1 Å². The van der Waals surface area contributed by atoms with Gasteiger partial charge in [-0.25, -0.2) is 22.7 Å². The Morgan fingerprint density at radius 2 is 1.73 bits per heavy atom. The minimum absolute atomic E-state index is 0.0292. The summed E-state index contributed by atoms with van der Waals surface area (Å²) in [5.74, 6) is -0.310. The van der Waals surface area contributed by atoms with Crippen LogP contribution in [0.3, 0.4) is 0 Å². The van der Waals surface area contributed by atoms with E-state index in [1.165, 1.54) is 17.0 Å². The molecule has 176 valence electrons. The highest BCUT2D eigenvalue weighted by molar-refractivity contribution is 7.90. The van der Waals surface area contributed by atoms with Crippen LogP contribution < -0.4 is 15.4 Å². The van der Waals surface area contributed by atoms with Crippen molar-refractivity contribution >= 4 is 28.0 Å². The summed E-state index contributed by atoms with van der Waals surface area (Å²) in [6.07, 6.45) is 2.72. The van der Waals surface area contributed by atoms with Crippen LogP contribution in [0.5, 0.6) is 0 Å². The van der Waals surface area contributed by atoms with Gasteiger partial charge in [-0.15, -0.1) is 0 Å². The van der Waals surface area contributed by atoms with Crippen molar-refractivity contribution < 1.29 is 22.8 Å². The van der Waals surface area contributed by atoms with Gasteiger partial charge in [-0.1, -0.05) is 43.7 Å². The van der Waals surface area contributed by atoms with Crippen molar-refractivity contribution in [2.24, 2.45) is 0 Å². The number of nitrogens with one attached hydrogen (secondary N) is 3. The lowest BCUT2D eigenvalue weighted by molar-refractivity contribution is 0.0787. The third-order valence-electron chi connectivity index (χ3n) is 5.31. The maximum absolute atomic E-state index is 12.5. The number of sulfonamides is 1. The Bertz CT molecular complexity index is 1120. The van der Waals surface area contributed by atoms with E-state index in [2.05, 4.69) is 10.6 Å². The summed E-state index contributed by atoms with van der Waals surface area (Å²) >= 11 is 0. The number of hydrogen-bond acceptors (Lipinski definition) is 5. The summed E-state index contributed by atoms with van der Waals surface area (Å²) in [5, 5.41) is 5.24. The Morgan fingerprint density at radius 1 is 1.00 bits per heavy atom. The van der Waals surface area contributed by atoms with Crippen LogP contribution in [-0.2, 0) is 22.9 Å². The second-order valence-electron chi connectivity index (χ2n) is 7.70. The molecule has 2 aromatic rings. The number of unbranched alkanes of at least 4 members (excludes halogenated alkanes) is 1. The van der Waals surface area contributed by atoms with Crippen LogP contribution in [0.4, 0.5) is 9.59 Å². The first kappa shape index (κ1) is 24.2. The average Bonchev–Trinajstić information content (AvgIpc) is 2.79. The number of benzene rings is 2. The molecule has 0 saturated heterocycles. The van der Waals surface area contributed by atoms with Crippen molar-refractivity contribution in [1.82, 2.24) is 20.3 Å². The van der Waals surface area contributed by atoms with E-state index >= 15 is 0 Å². The molecule has 1 aliphatic heterocycles. The predicted molar refractivity (Wildman–Crippen MR) is 123 cm³/mol. The highest BCUT2D eigenvalue weighted by Gasteiger charge is 2.28. The van der Waals surface area contributed by atoms with Crippen LogP contribution in [0.1, 0.15) is 41.3 Å². The van der Waals surface area contributed by atoms with E-state index in [1.54, 1.807) is 24.3 Å². The van der Waals surface area contributed by atoms with Crippen LogP contribution in [0.2, 0.25) is 0 Å². The van der Waals surface area contributed by atoms with Gasteiger partial charge in [-0.3, -0.25) is 9.69 Å². The molecule has 10 heteroatoms. The Hall–Kier alpha value is -3.40. The molecule has 3 N–H and O–H groups in total. The Morgan fingerprint density at radius 3 is 2.45 bits per heavy atom. The number of nitrogens with zero attached hydrogens (tertiary/aromatic N) is 1. The molecule has 2 aromatic carbocycles. The van der Waals surface area contributed by atoms with Gasteiger partial charge in [0.1, 0.15) is 0 Å². The third-order valence-corrected chi connectivity index (χ3v) is 6.66. The summed E-state index contributed by atoms with van der Waals surface area (Å²) in [6.45, 7) is 2.98. The highest BCUT2D eigenvalue weighted by Crippen LogP contribution is 2.18. The first-order valence-corrected chi connectivity index (χ1v) is 12.4. The standard InChI is InChI=1S/C23H28N4O5S/c1-2-3-14-24-22(29)26-33(31,32)19-10-8-17(9-11-19)12-15-25-23(30)27-16-13-18-6-4-5-7-20(18)21(27)28/h4-11H,2-3,12-16H2,1H3,(H,25,30)(H2,24,26,29).